The number of methoxy groups -OCH3 is 2. The van der Waals surface area contributed by atoms with Crippen LogP contribution in [0.1, 0.15) is 31.9 Å². The molecule has 1 aromatic carbocycles. The van der Waals surface area contributed by atoms with Gasteiger partial charge in [0.15, 0.2) is 0 Å². The highest BCUT2D eigenvalue weighted by molar-refractivity contribution is 5.29. The van der Waals surface area contributed by atoms with E-state index in [4.69, 9.17) is 14.2 Å². The molecule has 2 atom stereocenters. The summed E-state index contributed by atoms with van der Waals surface area (Å²) in [7, 11) is 3.36. The molecule has 20 heavy (non-hydrogen) atoms. The fraction of sp³-hybridized carbons (Fsp3) is 0.625. The molecule has 1 aromatic rings. The lowest BCUT2D eigenvalue weighted by atomic mass is 10.0. The first kappa shape index (κ1) is 17.0. The quantitative estimate of drug-likeness (QED) is 0.669. The summed E-state index contributed by atoms with van der Waals surface area (Å²) in [5.74, 6) is 0.871. The van der Waals surface area contributed by atoms with Crippen LogP contribution in [0.2, 0.25) is 0 Å². The maximum absolute atomic E-state index is 5.83. The molecule has 0 amide bonds. The van der Waals surface area contributed by atoms with Crippen LogP contribution in [0.4, 0.5) is 0 Å². The van der Waals surface area contributed by atoms with Gasteiger partial charge in [-0.2, -0.15) is 0 Å². The van der Waals surface area contributed by atoms with Crippen molar-refractivity contribution >= 4 is 0 Å². The molecule has 0 heterocycles. The largest absolute Gasteiger partial charge is 0.497 e. The summed E-state index contributed by atoms with van der Waals surface area (Å²) in [6.45, 7) is 6.45. The average molecular weight is 281 g/mol. The lowest BCUT2D eigenvalue weighted by Gasteiger charge is -2.26. The second kappa shape index (κ2) is 9.75. The van der Waals surface area contributed by atoms with Gasteiger partial charge in [0.05, 0.1) is 32.5 Å². The summed E-state index contributed by atoms with van der Waals surface area (Å²) in [5.41, 5.74) is 1.21. The molecule has 0 aliphatic heterocycles. The lowest BCUT2D eigenvalue weighted by Crippen LogP contribution is -2.33. The van der Waals surface area contributed by atoms with Crippen LogP contribution in [0.3, 0.4) is 0 Å². The van der Waals surface area contributed by atoms with Gasteiger partial charge in [-0.15, -0.1) is 0 Å². The first-order valence-electron chi connectivity index (χ1n) is 7.20. The molecule has 1 N–H and O–H groups in total. The Morgan fingerprint density at radius 3 is 2.35 bits per heavy atom. The number of rotatable bonds is 10. The summed E-state index contributed by atoms with van der Waals surface area (Å²) in [6, 6.07) is 8.32. The highest BCUT2D eigenvalue weighted by atomic mass is 16.5. The summed E-state index contributed by atoms with van der Waals surface area (Å²) >= 11 is 0. The molecule has 4 nitrogen and oxygen atoms in total. The van der Waals surface area contributed by atoms with Crippen LogP contribution in [-0.4, -0.2) is 40.1 Å². The Balaban J connectivity index is 2.70. The van der Waals surface area contributed by atoms with Crippen molar-refractivity contribution in [1.82, 2.24) is 5.32 Å². The molecule has 2 unspecified atom stereocenters. The van der Waals surface area contributed by atoms with Crippen LogP contribution < -0.4 is 10.1 Å². The summed E-state index contributed by atoms with van der Waals surface area (Å²) in [6.07, 6.45) is 1.18. The third-order valence-corrected chi connectivity index (χ3v) is 3.23. The zero-order valence-corrected chi connectivity index (χ0v) is 13.0. The molecular formula is C16H27NO3. The zero-order valence-electron chi connectivity index (χ0n) is 13.0. The third-order valence-electron chi connectivity index (χ3n) is 3.23. The van der Waals surface area contributed by atoms with Gasteiger partial charge >= 0.3 is 0 Å². The standard InChI is InChI=1S/C16H27NO3/c1-5-10-17-16(13(2)20-12-11-18-3)14-6-8-15(19-4)9-7-14/h6-9,13,16-17H,5,10-12H2,1-4H3. The molecule has 0 saturated carbocycles. The van der Waals surface area contributed by atoms with E-state index in [0.717, 1.165) is 18.7 Å². The predicted octanol–water partition coefficient (Wildman–Crippen LogP) is 2.79. The average Bonchev–Trinajstić information content (AvgIpc) is 2.48. The van der Waals surface area contributed by atoms with Gasteiger partial charge in [-0.05, 0) is 37.6 Å². The van der Waals surface area contributed by atoms with Gasteiger partial charge in [0.25, 0.3) is 0 Å². The highest BCUT2D eigenvalue weighted by Crippen LogP contribution is 2.22. The Bertz CT molecular complexity index is 353. The molecule has 0 fully saturated rings. The molecular weight excluding hydrogens is 254 g/mol. The normalized spacial score (nSPS) is 14.0. The lowest BCUT2D eigenvalue weighted by molar-refractivity contribution is 0.00730. The Morgan fingerprint density at radius 1 is 1.10 bits per heavy atom. The minimum atomic E-state index is 0.0881. The fourth-order valence-electron chi connectivity index (χ4n) is 2.08. The van der Waals surface area contributed by atoms with Crippen molar-refractivity contribution in [2.45, 2.75) is 32.4 Å². The van der Waals surface area contributed by atoms with E-state index >= 15 is 0 Å². The summed E-state index contributed by atoms with van der Waals surface area (Å²) in [5, 5.41) is 3.54. The van der Waals surface area contributed by atoms with Crippen molar-refractivity contribution in [3.05, 3.63) is 29.8 Å². The Labute approximate surface area is 122 Å². The van der Waals surface area contributed by atoms with Gasteiger partial charge in [0.1, 0.15) is 5.75 Å². The minimum Gasteiger partial charge on any atom is -0.497 e. The van der Waals surface area contributed by atoms with Crippen molar-refractivity contribution in [1.29, 1.82) is 0 Å². The van der Waals surface area contributed by atoms with Crippen molar-refractivity contribution in [2.24, 2.45) is 0 Å². The summed E-state index contributed by atoms with van der Waals surface area (Å²) < 4.78 is 16.1. The molecule has 0 aromatic heterocycles. The second-order valence-electron chi connectivity index (χ2n) is 4.77. The molecule has 4 heteroatoms. The van der Waals surface area contributed by atoms with Crippen molar-refractivity contribution in [3.8, 4) is 5.75 Å². The van der Waals surface area contributed by atoms with Crippen LogP contribution in [0.5, 0.6) is 5.75 Å². The number of ether oxygens (including phenoxy) is 3. The van der Waals surface area contributed by atoms with E-state index in [1.807, 2.05) is 12.1 Å². The van der Waals surface area contributed by atoms with Gasteiger partial charge in [-0.3, -0.25) is 0 Å². The predicted molar refractivity (Wildman–Crippen MR) is 81.3 cm³/mol. The second-order valence-corrected chi connectivity index (χ2v) is 4.77. The molecule has 0 radical (unpaired) electrons. The summed E-state index contributed by atoms with van der Waals surface area (Å²) in [4.78, 5) is 0. The van der Waals surface area contributed by atoms with Crippen LogP contribution in [-0.2, 0) is 9.47 Å². The van der Waals surface area contributed by atoms with E-state index in [-0.39, 0.29) is 12.1 Å². The maximum atomic E-state index is 5.83. The van der Waals surface area contributed by atoms with E-state index in [1.54, 1.807) is 14.2 Å². The van der Waals surface area contributed by atoms with Gasteiger partial charge in [0, 0.05) is 7.11 Å². The van der Waals surface area contributed by atoms with E-state index in [2.05, 4.69) is 31.3 Å². The van der Waals surface area contributed by atoms with Crippen LogP contribution in [0.25, 0.3) is 0 Å². The monoisotopic (exact) mass is 281 g/mol. The maximum Gasteiger partial charge on any atom is 0.118 e. The Morgan fingerprint density at radius 2 is 1.80 bits per heavy atom. The van der Waals surface area contributed by atoms with E-state index in [0.29, 0.717) is 13.2 Å². The highest BCUT2D eigenvalue weighted by Gasteiger charge is 2.19. The first-order valence-corrected chi connectivity index (χ1v) is 7.20. The van der Waals surface area contributed by atoms with Crippen LogP contribution in [0.15, 0.2) is 24.3 Å². The van der Waals surface area contributed by atoms with Crippen LogP contribution >= 0.6 is 0 Å². The molecule has 0 bridgehead atoms. The van der Waals surface area contributed by atoms with Crippen molar-refractivity contribution in [3.63, 3.8) is 0 Å². The van der Waals surface area contributed by atoms with E-state index in [9.17, 15) is 0 Å². The van der Waals surface area contributed by atoms with Gasteiger partial charge in [-0.1, -0.05) is 19.1 Å². The number of nitrogens with one attached hydrogen (secondary N) is 1. The van der Waals surface area contributed by atoms with Gasteiger partial charge in [0.2, 0.25) is 0 Å². The zero-order chi connectivity index (χ0) is 14.8. The first-order chi connectivity index (χ1) is 9.72. The third kappa shape index (κ3) is 5.49. The SMILES string of the molecule is CCCNC(c1ccc(OC)cc1)C(C)OCCOC. The number of hydrogen-bond acceptors (Lipinski definition) is 4. The fourth-order valence-corrected chi connectivity index (χ4v) is 2.08. The molecule has 0 saturated heterocycles. The molecule has 1 rings (SSSR count). The Kier molecular flexibility index (Phi) is 8.26. The van der Waals surface area contributed by atoms with E-state index in [1.165, 1.54) is 5.56 Å². The van der Waals surface area contributed by atoms with E-state index < -0.39 is 0 Å². The Hall–Kier alpha value is -1.10. The van der Waals surface area contributed by atoms with Gasteiger partial charge in [-0.25, -0.2) is 0 Å². The minimum absolute atomic E-state index is 0.0881. The molecule has 0 spiro atoms. The number of benzene rings is 1. The smallest absolute Gasteiger partial charge is 0.118 e. The number of hydrogen-bond donors (Lipinski definition) is 1. The van der Waals surface area contributed by atoms with Gasteiger partial charge < -0.3 is 19.5 Å². The topological polar surface area (TPSA) is 39.7 Å². The molecule has 0 aliphatic rings. The van der Waals surface area contributed by atoms with Crippen molar-refractivity contribution in [2.75, 3.05) is 34.0 Å². The van der Waals surface area contributed by atoms with Crippen LogP contribution in [0, 0.1) is 0 Å². The van der Waals surface area contributed by atoms with Crippen molar-refractivity contribution < 1.29 is 14.2 Å². The molecule has 0 aliphatic carbocycles. The molecule has 114 valence electrons.